The summed E-state index contributed by atoms with van der Waals surface area (Å²) < 4.78 is 31.7. The minimum Gasteiger partial charge on any atom is -0.439 e. The molecule has 6 heteroatoms. The van der Waals surface area contributed by atoms with Gasteiger partial charge in [0.2, 0.25) is 5.88 Å². The monoisotopic (exact) mass is 340 g/mol. The molecule has 126 valence electrons. The summed E-state index contributed by atoms with van der Waals surface area (Å²) in [7, 11) is 0. The Balaban J connectivity index is 1.66. The fourth-order valence-corrected chi connectivity index (χ4v) is 2.12. The molecule has 0 unspecified atom stereocenters. The summed E-state index contributed by atoms with van der Waals surface area (Å²) in [6.07, 6.45) is 1.44. The van der Waals surface area contributed by atoms with Gasteiger partial charge in [0.25, 0.3) is 5.91 Å². The van der Waals surface area contributed by atoms with Gasteiger partial charge in [-0.2, -0.15) is 0 Å². The van der Waals surface area contributed by atoms with Crippen molar-refractivity contribution in [2.45, 2.75) is 6.92 Å². The van der Waals surface area contributed by atoms with E-state index in [2.05, 4.69) is 10.3 Å². The highest BCUT2D eigenvalue weighted by Crippen LogP contribution is 2.22. The fourth-order valence-electron chi connectivity index (χ4n) is 2.12. The topological polar surface area (TPSA) is 51.2 Å². The molecular weight excluding hydrogens is 326 g/mol. The Hall–Kier alpha value is -3.28. The van der Waals surface area contributed by atoms with Crippen molar-refractivity contribution in [1.29, 1.82) is 0 Å². The number of aryl methyl sites for hydroxylation is 1. The fraction of sp³-hybridized carbons (Fsp3) is 0.0526. The Morgan fingerprint density at radius 2 is 1.80 bits per heavy atom. The number of aromatic nitrogens is 1. The number of ether oxygens (including phenoxy) is 1. The third-order valence-electron chi connectivity index (χ3n) is 3.45. The zero-order valence-corrected chi connectivity index (χ0v) is 13.3. The molecule has 0 saturated carbocycles. The standard InChI is InChI=1S/C19H14F2N2O2/c1-12-10-16(7-8-17(12)21)25-18-9-6-15(11-22-18)23-19(24)13-2-4-14(20)5-3-13/h2-11H,1H3,(H,23,24). The normalized spacial score (nSPS) is 10.4. The lowest BCUT2D eigenvalue weighted by atomic mass is 10.2. The molecule has 2 aromatic carbocycles. The van der Waals surface area contributed by atoms with Gasteiger partial charge in [0, 0.05) is 11.6 Å². The van der Waals surface area contributed by atoms with Crippen molar-refractivity contribution in [3.8, 4) is 11.6 Å². The summed E-state index contributed by atoms with van der Waals surface area (Å²) in [5, 5.41) is 2.66. The maximum atomic E-state index is 13.2. The van der Waals surface area contributed by atoms with E-state index in [-0.39, 0.29) is 11.7 Å². The van der Waals surface area contributed by atoms with Crippen molar-refractivity contribution in [1.82, 2.24) is 4.98 Å². The molecule has 1 N–H and O–H groups in total. The van der Waals surface area contributed by atoms with Crippen molar-refractivity contribution in [2.24, 2.45) is 0 Å². The number of halogens is 2. The summed E-state index contributed by atoms with van der Waals surface area (Å²) in [4.78, 5) is 16.1. The highest BCUT2D eigenvalue weighted by molar-refractivity contribution is 6.04. The van der Waals surface area contributed by atoms with Gasteiger partial charge in [-0.15, -0.1) is 0 Å². The highest BCUT2D eigenvalue weighted by atomic mass is 19.1. The van der Waals surface area contributed by atoms with Crippen LogP contribution in [0.3, 0.4) is 0 Å². The van der Waals surface area contributed by atoms with Crippen molar-refractivity contribution >= 4 is 11.6 Å². The first kappa shape index (κ1) is 16.6. The molecular formula is C19H14F2N2O2. The summed E-state index contributed by atoms with van der Waals surface area (Å²) in [5.74, 6) is -0.306. The quantitative estimate of drug-likeness (QED) is 0.748. The van der Waals surface area contributed by atoms with Gasteiger partial charge in [0.1, 0.15) is 17.4 Å². The smallest absolute Gasteiger partial charge is 0.255 e. The van der Waals surface area contributed by atoms with Gasteiger partial charge in [-0.25, -0.2) is 13.8 Å². The highest BCUT2D eigenvalue weighted by Gasteiger charge is 2.07. The number of hydrogen-bond donors (Lipinski definition) is 1. The van der Waals surface area contributed by atoms with E-state index >= 15 is 0 Å². The van der Waals surface area contributed by atoms with Crippen LogP contribution >= 0.6 is 0 Å². The zero-order valence-electron chi connectivity index (χ0n) is 13.3. The molecule has 0 saturated heterocycles. The number of nitrogens with one attached hydrogen (secondary N) is 1. The van der Waals surface area contributed by atoms with Crippen LogP contribution in [0.25, 0.3) is 0 Å². The summed E-state index contributed by atoms with van der Waals surface area (Å²) in [6, 6.07) is 12.8. The van der Waals surface area contributed by atoms with Crippen molar-refractivity contribution in [3.05, 3.63) is 83.6 Å². The minimum absolute atomic E-state index is 0.306. The molecule has 3 rings (SSSR count). The molecule has 0 aliphatic carbocycles. The predicted octanol–water partition coefficient (Wildman–Crippen LogP) is 4.71. The molecule has 1 heterocycles. The Bertz CT molecular complexity index is 894. The molecule has 1 amide bonds. The van der Waals surface area contributed by atoms with Crippen LogP contribution in [0.1, 0.15) is 15.9 Å². The summed E-state index contributed by atoms with van der Waals surface area (Å²) in [6.45, 7) is 1.64. The minimum atomic E-state index is -0.407. The molecule has 0 bridgehead atoms. The van der Waals surface area contributed by atoms with Crippen LogP contribution < -0.4 is 10.1 Å². The molecule has 0 atom stereocenters. The van der Waals surface area contributed by atoms with Crippen LogP contribution in [-0.4, -0.2) is 10.9 Å². The third-order valence-corrected chi connectivity index (χ3v) is 3.45. The van der Waals surface area contributed by atoms with Crippen molar-refractivity contribution < 1.29 is 18.3 Å². The first-order valence-corrected chi connectivity index (χ1v) is 7.48. The van der Waals surface area contributed by atoms with Gasteiger partial charge in [-0.1, -0.05) is 0 Å². The van der Waals surface area contributed by atoms with E-state index in [0.29, 0.717) is 28.4 Å². The molecule has 1 aromatic heterocycles. The number of anilines is 1. The van der Waals surface area contributed by atoms with Gasteiger partial charge >= 0.3 is 0 Å². The second-order valence-corrected chi connectivity index (χ2v) is 5.36. The van der Waals surface area contributed by atoms with Crippen LogP contribution in [-0.2, 0) is 0 Å². The van der Waals surface area contributed by atoms with Gasteiger partial charge < -0.3 is 10.1 Å². The first-order chi connectivity index (χ1) is 12.0. The van der Waals surface area contributed by atoms with Crippen LogP contribution in [0.4, 0.5) is 14.5 Å². The lowest BCUT2D eigenvalue weighted by Crippen LogP contribution is -2.11. The van der Waals surface area contributed by atoms with E-state index in [1.807, 2.05) is 0 Å². The van der Waals surface area contributed by atoms with Crippen molar-refractivity contribution in [3.63, 3.8) is 0 Å². The van der Waals surface area contributed by atoms with Crippen molar-refractivity contribution in [2.75, 3.05) is 5.32 Å². The molecule has 0 aliphatic heterocycles. The van der Waals surface area contributed by atoms with Crippen LogP contribution in [0.5, 0.6) is 11.6 Å². The van der Waals surface area contributed by atoms with E-state index in [4.69, 9.17) is 4.74 Å². The van der Waals surface area contributed by atoms with E-state index in [0.717, 1.165) is 0 Å². The number of carbonyl (C=O) groups excluding carboxylic acids is 1. The number of rotatable bonds is 4. The largest absolute Gasteiger partial charge is 0.439 e. The number of amides is 1. The van der Waals surface area contributed by atoms with E-state index in [1.165, 1.54) is 42.6 Å². The Labute approximate surface area is 143 Å². The zero-order chi connectivity index (χ0) is 17.8. The summed E-state index contributed by atoms with van der Waals surface area (Å²) >= 11 is 0. The SMILES string of the molecule is Cc1cc(Oc2ccc(NC(=O)c3ccc(F)cc3)cn2)ccc1F. The first-order valence-electron chi connectivity index (χ1n) is 7.48. The Kier molecular flexibility index (Phi) is 4.70. The average Bonchev–Trinajstić information content (AvgIpc) is 2.60. The number of pyridine rings is 1. The van der Waals surface area contributed by atoms with Gasteiger partial charge in [0.15, 0.2) is 0 Å². The number of benzene rings is 2. The Morgan fingerprint density at radius 1 is 1.04 bits per heavy atom. The maximum absolute atomic E-state index is 13.2. The van der Waals surface area contributed by atoms with E-state index < -0.39 is 5.82 Å². The number of hydrogen-bond acceptors (Lipinski definition) is 3. The van der Waals surface area contributed by atoms with Crippen LogP contribution in [0, 0.1) is 18.6 Å². The molecule has 0 aliphatic rings. The number of nitrogens with zero attached hydrogens (tertiary/aromatic N) is 1. The summed E-state index contributed by atoms with van der Waals surface area (Å²) in [5.41, 5.74) is 1.28. The van der Waals surface area contributed by atoms with E-state index in [1.54, 1.807) is 25.1 Å². The molecule has 4 nitrogen and oxygen atoms in total. The molecule has 0 radical (unpaired) electrons. The molecule has 3 aromatic rings. The third kappa shape index (κ3) is 4.17. The second kappa shape index (κ2) is 7.09. The van der Waals surface area contributed by atoms with Crippen LogP contribution in [0.2, 0.25) is 0 Å². The van der Waals surface area contributed by atoms with Gasteiger partial charge in [-0.3, -0.25) is 4.79 Å². The maximum Gasteiger partial charge on any atom is 0.255 e. The molecule has 0 spiro atoms. The predicted molar refractivity (Wildman–Crippen MR) is 89.8 cm³/mol. The van der Waals surface area contributed by atoms with Crippen LogP contribution in [0.15, 0.2) is 60.8 Å². The van der Waals surface area contributed by atoms with Gasteiger partial charge in [0.05, 0.1) is 11.9 Å². The Morgan fingerprint density at radius 3 is 2.44 bits per heavy atom. The lowest BCUT2D eigenvalue weighted by Gasteiger charge is -2.08. The molecule has 0 fully saturated rings. The number of carbonyl (C=O) groups is 1. The molecule has 25 heavy (non-hydrogen) atoms. The lowest BCUT2D eigenvalue weighted by molar-refractivity contribution is 0.102. The second-order valence-electron chi connectivity index (χ2n) is 5.36. The van der Waals surface area contributed by atoms with E-state index in [9.17, 15) is 13.6 Å². The average molecular weight is 340 g/mol. The van der Waals surface area contributed by atoms with Gasteiger partial charge in [-0.05, 0) is 61.0 Å².